The Morgan fingerprint density at radius 3 is 2.51 bits per heavy atom. The number of allylic oxidation sites excluding steroid dienone is 3. The lowest BCUT2D eigenvalue weighted by molar-refractivity contribution is -0.147. The summed E-state index contributed by atoms with van der Waals surface area (Å²) in [7, 11) is 1.87. The van der Waals surface area contributed by atoms with Crippen LogP contribution in [0.5, 0.6) is 0 Å². The third kappa shape index (κ3) is 9.23. The number of hydrogen-bond acceptors (Lipinski definition) is 5. The summed E-state index contributed by atoms with van der Waals surface area (Å²) in [6.45, 7) is 14.7. The van der Waals surface area contributed by atoms with E-state index in [0.29, 0.717) is 17.5 Å². The molecule has 1 aliphatic rings. The number of hydrogen-bond donors (Lipinski definition) is 0. The zero-order chi connectivity index (χ0) is 26.8. The molecule has 1 aromatic rings. The van der Waals surface area contributed by atoms with E-state index in [0.717, 1.165) is 17.6 Å². The van der Waals surface area contributed by atoms with E-state index >= 15 is 0 Å². The number of carbonyl (C=O) groups excluding carboxylic acids is 1. The van der Waals surface area contributed by atoms with Gasteiger partial charge in [-0.3, -0.25) is 4.79 Å². The number of carbonyl (C=O) groups is 1. The molecule has 1 aliphatic carbocycles. The number of halogens is 1. The Hall–Kier alpha value is -3.09. The minimum atomic E-state index is -0.536. The fourth-order valence-electron chi connectivity index (χ4n) is 3.72. The van der Waals surface area contributed by atoms with E-state index in [1.807, 2.05) is 37.9 Å². The Balaban J connectivity index is 0.000000365. The van der Waals surface area contributed by atoms with Crippen LogP contribution in [0, 0.1) is 41.0 Å². The van der Waals surface area contributed by atoms with E-state index in [1.54, 1.807) is 25.4 Å². The number of terminal acetylenes is 1. The number of nitriles is 1. The summed E-state index contributed by atoms with van der Waals surface area (Å²) in [5, 5.41) is 8.87. The summed E-state index contributed by atoms with van der Waals surface area (Å²) in [5.74, 6) is 3.23. The van der Waals surface area contributed by atoms with Gasteiger partial charge in [-0.25, -0.2) is 4.98 Å². The molecule has 0 spiro atoms. The van der Waals surface area contributed by atoms with Crippen LogP contribution in [-0.4, -0.2) is 34.8 Å². The Bertz CT molecular complexity index is 1040. The molecule has 3 atom stereocenters. The Kier molecular flexibility index (Phi) is 11.7. The van der Waals surface area contributed by atoms with Crippen LogP contribution in [0.25, 0.3) is 0 Å². The van der Waals surface area contributed by atoms with Gasteiger partial charge in [-0.15, -0.1) is 6.42 Å². The van der Waals surface area contributed by atoms with Gasteiger partial charge >= 0.3 is 5.97 Å². The van der Waals surface area contributed by atoms with Gasteiger partial charge in [0.1, 0.15) is 11.0 Å². The first-order valence-corrected chi connectivity index (χ1v) is 12.0. The maximum Gasteiger partial charge on any atom is 0.311 e. The Morgan fingerprint density at radius 2 is 2.03 bits per heavy atom. The number of aliphatic imine (C=N–C) groups is 1. The predicted molar refractivity (Wildman–Crippen MR) is 142 cm³/mol. The van der Waals surface area contributed by atoms with Crippen LogP contribution in [0.2, 0.25) is 5.15 Å². The molecule has 2 rings (SSSR count). The second kappa shape index (κ2) is 13.7. The van der Waals surface area contributed by atoms with Crippen LogP contribution in [0.1, 0.15) is 60.5 Å². The number of ether oxygens (including phenoxy) is 1. The molecule has 2 unspecified atom stereocenters. The summed E-state index contributed by atoms with van der Waals surface area (Å²) in [6.07, 6.45) is 13.4. The van der Waals surface area contributed by atoms with Crippen LogP contribution in [-0.2, 0) is 16.1 Å². The lowest BCUT2D eigenvalue weighted by atomic mass is 10.1. The van der Waals surface area contributed by atoms with Crippen molar-refractivity contribution in [2.75, 3.05) is 7.05 Å². The third-order valence-electron chi connectivity index (χ3n) is 5.98. The third-order valence-corrected chi connectivity index (χ3v) is 6.20. The molecule has 7 heteroatoms. The maximum atomic E-state index is 12.3. The molecule has 6 nitrogen and oxygen atoms in total. The van der Waals surface area contributed by atoms with Crippen molar-refractivity contribution >= 4 is 23.4 Å². The van der Waals surface area contributed by atoms with Crippen molar-refractivity contribution < 1.29 is 9.53 Å². The lowest BCUT2D eigenvalue weighted by Crippen LogP contribution is -2.23. The number of amidine groups is 1. The van der Waals surface area contributed by atoms with E-state index in [9.17, 15) is 4.79 Å². The number of pyridine rings is 1. The van der Waals surface area contributed by atoms with Crippen molar-refractivity contribution in [3.63, 3.8) is 0 Å². The fourth-order valence-corrected chi connectivity index (χ4v) is 3.83. The van der Waals surface area contributed by atoms with Gasteiger partial charge in [0.05, 0.1) is 5.92 Å². The van der Waals surface area contributed by atoms with Gasteiger partial charge in [0.2, 0.25) is 6.19 Å². The molecule has 0 saturated heterocycles. The van der Waals surface area contributed by atoms with Crippen LogP contribution >= 0.6 is 11.6 Å². The van der Waals surface area contributed by atoms with Crippen LogP contribution < -0.4 is 0 Å². The topological polar surface area (TPSA) is 78.6 Å². The molecule has 188 valence electrons. The summed E-state index contributed by atoms with van der Waals surface area (Å²) in [5.41, 5.74) is 3.15. The molecule has 0 radical (unpaired) electrons. The summed E-state index contributed by atoms with van der Waals surface area (Å²) >= 11 is 5.67. The van der Waals surface area contributed by atoms with E-state index in [2.05, 4.69) is 49.7 Å². The quantitative estimate of drug-likeness (QED) is 0.0854. The van der Waals surface area contributed by atoms with E-state index in [1.165, 1.54) is 5.57 Å². The SMILES string of the molecule is C#CC(OC(=O)[C@@H]1C(C=C(C)C)C1(C)C)/C(C)=C/CC.CC(=NC#N)N(C)Cc1ccc(Cl)nc1. The molecule has 1 aromatic heterocycles. The number of esters is 1. The van der Waals surface area contributed by atoms with Crippen molar-refractivity contribution in [1.82, 2.24) is 9.88 Å². The summed E-state index contributed by atoms with van der Waals surface area (Å²) in [4.78, 5) is 21.8. The van der Waals surface area contributed by atoms with Crippen molar-refractivity contribution in [1.29, 1.82) is 5.26 Å². The van der Waals surface area contributed by atoms with E-state index in [-0.39, 0.29) is 23.2 Å². The van der Waals surface area contributed by atoms with Crippen molar-refractivity contribution in [3.8, 4) is 18.5 Å². The van der Waals surface area contributed by atoms with Gasteiger partial charge < -0.3 is 9.64 Å². The van der Waals surface area contributed by atoms with Gasteiger partial charge in [-0.2, -0.15) is 10.3 Å². The first-order chi connectivity index (χ1) is 16.4. The summed E-state index contributed by atoms with van der Waals surface area (Å²) in [6, 6.07) is 3.63. The average Bonchev–Trinajstić information content (AvgIpc) is 3.32. The van der Waals surface area contributed by atoms with Crippen molar-refractivity contribution in [2.45, 2.75) is 67.5 Å². The molecule has 1 saturated carbocycles. The standard InChI is InChI=1S/C18H26O2.C10H11ClN4/c1-8-10-13(5)15(9-2)20-17(19)16-14(11-12(3)4)18(16,6)7;1-8(14-7-12)15(2)6-9-3-4-10(11)13-5-9/h2,10-11,14-16H,8H2,1,3-7H3;3-5H,6H2,1-2H3/b13-10+;/t14?,15?,16-;/m0./s1. The second-order valence-corrected chi connectivity index (χ2v) is 9.90. The van der Waals surface area contributed by atoms with E-state index < -0.39 is 6.10 Å². The molecule has 0 amide bonds. The van der Waals surface area contributed by atoms with Gasteiger partial charge in [0.25, 0.3) is 0 Å². The molecular formula is C28H37ClN4O2. The summed E-state index contributed by atoms with van der Waals surface area (Å²) < 4.78 is 5.51. The highest BCUT2D eigenvalue weighted by Gasteiger charge is 2.61. The lowest BCUT2D eigenvalue weighted by Gasteiger charge is -2.17. The average molecular weight is 497 g/mol. The number of aromatic nitrogens is 1. The minimum Gasteiger partial charge on any atom is -0.444 e. The second-order valence-electron chi connectivity index (χ2n) is 9.51. The van der Waals surface area contributed by atoms with Crippen molar-refractivity contribution in [2.24, 2.45) is 22.2 Å². The van der Waals surface area contributed by atoms with Crippen LogP contribution in [0.3, 0.4) is 0 Å². The molecule has 0 N–H and O–H groups in total. The fraction of sp³-hybridized carbons (Fsp3) is 0.500. The first kappa shape index (κ1) is 29.9. The molecule has 1 fully saturated rings. The predicted octanol–water partition coefficient (Wildman–Crippen LogP) is 6.19. The largest absolute Gasteiger partial charge is 0.444 e. The monoisotopic (exact) mass is 496 g/mol. The van der Waals surface area contributed by atoms with Crippen LogP contribution in [0.15, 0.2) is 46.6 Å². The number of nitrogens with zero attached hydrogens (tertiary/aromatic N) is 4. The highest BCUT2D eigenvalue weighted by atomic mass is 35.5. The normalized spacial score (nSPS) is 19.2. The molecule has 35 heavy (non-hydrogen) atoms. The Morgan fingerprint density at radius 1 is 1.37 bits per heavy atom. The maximum absolute atomic E-state index is 12.3. The molecular weight excluding hydrogens is 460 g/mol. The van der Waals surface area contributed by atoms with E-state index in [4.69, 9.17) is 28.0 Å². The molecule has 0 bridgehead atoms. The van der Waals surface area contributed by atoms with Gasteiger partial charge in [0, 0.05) is 19.8 Å². The van der Waals surface area contributed by atoms with Gasteiger partial charge in [-0.1, -0.05) is 62.1 Å². The Labute approximate surface area is 215 Å². The number of rotatable bonds is 7. The van der Waals surface area contributed by atoms with Gasteiger partial charge in [0.15, 0.2) is 6.10 Å². The minimum absolute atomic E-state index is 0.0319. The zero-order valence-electron chi connectivity index (χ0n) is 22.1. The van der Waals surface area contributed by atoms with Crippen LogP contribution in [0.4, 0.5) is 0 Å². The molecule has 0 aliphatic heterocycles. The highest BCUT2D eigenvalue weighted by molar-refractivity contribution is 6.29. The highest BCUT2D eigenvalue weighted by Crippen LogP contribution is 2.60. The smallest absolute Gasteiger partial charge is 0.311 e. The zero-order valence-corrected chi connectivity index (χ0v) is 22.8. The molecule has 0 aromatic carbocycles. The first-order valence-electron chi connectivity index (χ1n) is 11.6. The van der Waals surface area contributed by atoms with Gasteiger partial charge in [-0.05, 0) is 62.7 Å². The molecule has 1 heterocycles. The van der Waals surface area contributed by atoms with Crippen molar-refractivity contribution in [3.05, 3.63) is 52.3 Å².